The van der Waals surface area contributed by atoms with Gasteiger partial charge < -0.3 is 15.7 Å². The van der Waals surface area contributed by atoms with Crippen LogP contribution in [0.25, 0.3) is 0 Å². The third-order valence-electron chi connectivity index (χ3n) is 4.23. The van der Waals surface area contributed by atoms with Crippen LogP contribution in [0.1, 0.15) is 44.9 Å². The second-order valence-corrected chi connectivity index (χ2v) is 5.53. The first kappa shape index (κ1) is 17.5. The fraction of sp³-hybridized carbons (Fsp3) is 0.733. The van der Waals surface area contributed by atoms with Gasteiger partial charge in [-0.05, 0) is 19.3 Å². The summed E-state index contributed by atoms with van der Waals surface area (Å²) >= 11 is 0. The number of aryl methyl sites for hydroxylation is 2. The Labute approximate surface area is 126 Å². The molecule has 0 aliphatic rings. The summed E-state index contributed by atoms with van der Waals surface area (Å²) in [6.07, 6.45) is 4.44. The molecule has 2 amide bonds. The molecule has 120 valence electrons. The van der Waals surface area contributed by atoms with Crippen molar-refractivity contribution >= 4 is 6.03 Å². The van der Waals surface area contributed by atoms with E-state index < -0.39 is 0 Å². The molecular weight excluding hydrogens is 268 g/mol. The van der Waals surface area contributed by atoms with Crippen molar-refractivity contribution in [1.82, 2.24) is 20.4 Å². The first-order valence-corrected chi connectivity index (χ1v) is 7.64. The third-order valence-corrected chi connectivity index (χ3v) is 4.23. The summed E-state index contributed by atoms with van der Waals surface area (Å²) in [5.74, 6) is 0. The zero-order chi connectivity index (χ0) is 15.9. The van der Waals surface area contributed by atoms with Crippen molar-refractivity contribution in [3.05, 3.63) is 17.5 Å². The molecule has 1 aromatic heterocycles. The molecule has 6 nitrogen and oxygen atoms in total. The van der Waals surface area contributed by atoms with Gasteiger partial charge in [0.25, 0.3) is 0 Å². The van der Waals surface area contributed by atoms with Crippen LogP contribution in [0.15, 0.2) is 6.20 Å². The molecule has 1 aromatic rings. The first-order chi connectivity index (χ1) is 10.00. The minimum absolute atomic E-state index is 0.0862. The molecule has 0 aliphatic heterocycles. The molecule has 6 heteroatoms. The van der Waals surface area contributed by atoms with Crippen molar-refractivity contribution in [1.29, 1.82) is 0 Å². The van der Waals surface area contributed by atoms with Gasteiger partial charge in [0.05, 0.1) is 12.3 Å². The maximum absolute atomic E-state index is 11.9. The lowest BCUT2D eigenvalue weighted by atomic mass is 9.83. The highest BCUT2D eigenvalue weighted by molar-refractivity contribution is 5.73. The number of nitrogens with one attached hydrogen (secondary N) is 2. The Balaban J connectivity index is 2.47. The highest BCUT2D eigenvalue weighted by Gasteiger charge is 2.25. The molecule has 0 saturated carbocycles. The normalized spacial score (nSPS) is 11.5. The molecule has 0 spiro atoms. The molecule has 0 atom stereocenters. The summed E-state index contributed by atoms with van der Waals surface area (Å²) < 4.78 is 1.76. The van der Waals surface area contributed by atoms with Crippen LogP contribution >= 0.6 is 0 Å². The van der Waals surface area contributed by atoms with Crippen molar-refractivity contribution in [3.8, 4) is 0 Å². The van der Waals surface area contributed by atoms with Crippen LogP contribution in [-0.4, -0.2) is 34.1 Å². The van der Waals surface area contributed by atoms with Gasteiger partial charge in [-0.1, -0.05) is 20.8 Å². The van der Waals surface area contributed by atoms with Crippen molar-refractivity contribution in [2.45, 2.75) is 46.6 Å². The van der Waals surface area contributed by atoms with Gasteiger partial charge in [-0.15, -0.1) is 0 Å². The number of nitrogens with zero attached hydrogens (tertiary/aromatic N) is 2. The van der Waals surface area contributed by atoms with Crippen LogP contribution < -0.4 is 10.6 Å². The van der Waals surface area contributed by atoms with Crippen LogP contribution in [0.5, 0.6) is 0 Å². The molecule has 0 fully saturated rings. The molecule has 0 aliphatic carbocycles. The van der Waals surface area contributed by atoms with Crippen molar-refractivity contribution in [2.75, 3.05) is 13.2 Å². The van der Waals surface area contributed by atoms with Gasteiger partial charge in [0, 0.05) is 37.3 Å². The zero-order valence-electron chi connectivity index (χ0n) is 13.6. The molecule has 0 bridgehead atoms. The monoisotopic (exact) mass is 296 g/mol. The van der Waals surface area contributed by atoms with Gasteiger partial charge in [-0.3, -0.25) is 4.68 Å². The second kappa shape index (κ2) is 8.02. The maximum Gasteiger partial charge on any atom is 0.315 e. The van der Waals surface area contributed by atoms with E-state index in [9.17, 15) is 9.90 Å². The predicted octanol–water partition coefficient (Wildman–Crippen LogP) is 1.58. The fourth-order valence-electron chi connectivity index (χ4n) is 2.31. The van der Waals surface area contributed by atoms with Gasteiger partial charge in [-0.25, -0.2) is 4.79 Å². The number of aromatic nitrogens is 2. The Kier molecular flexibility index (Phi) is 6.68. The zero-order valence-corrected chi connectivity index (χ0v) is 13.6. The van der Waals surface area contributed by atoms with E-state index in [1.165, 1.54) is 0 Å². The highest BCUT2D eigenvalue weighted by Crippen LogP contribution is 2.24. The van der Waals surface area contributed by atoms with Gasteiger partial charge in [-0.2, -0.15) is 5.10 Å². The highest BCUT2D eigenvalue weighted by atomic mass is 16.3. The number of urea groups is 1. The fourth-order valence-corrected chi connectivity index (χ4v) is 2.31. The molecule has 0 unspecified atom stereocenters. The molecule has 1 rings (SSSR count). The quantitative estimate of drug-likeness (QED) is 0.681. The standard InChI is InChI=1S/C15H28N4O2/c1-5-13-12(9-19(4)18-13)8-16-14(21)17-10-15(6-2,7-3)11-20/h9,20H,5-8,10-11H2,1-4H3,(H2,16,17,21). The lowest BCUT2D eigenvalue weighted by molar-refractivity contribution is 0.115. The number of hydrogen-bond acceptors (Lipinski definition) is 3. The average molecular weight is 296 g/mol. The summed E-state index contributed by atoms with van der Waals surface area (Å²) in [5.41, 5.74) is 1.82. The van der Waals surface area contributed by atoms with Crippen LogP contribution in [-0.2, 0) is 20.0 Å². The van der Waals surface area contributed by atoms with Crippen LogP contribution in [0.4, 0.5) is 4.79 Å². The van der Waals surface area contributed by atoms with Crippen LogP contribution in [0.2, 0.25) is 0 Å². The first-order valence-electron chi connectivity index (χ1n) is 7.64. The number of amides is 2. The Morgan fingerprint density at radius 1 is 1.33 bits per heavy atom. The van der Waals surface area contributed by atoms with E-state index in [1.807, 2.05) is 34.0 Å². The maximum atomic E-state index is 11.9. The molecule has 0 aromatic carbocycles. The largest absolute Gasteiger partial charge is 0.396 e. The number of carbonyl (C=O) groups is 1. The predicted molar refractivity (Wildman–Crippen MR) is 82.9 cm³/mol. The number of rotatable bonds is 8. The van der Waals surface area contributed by atoms with Crippen molar-refractivity contribution in [3.63, 3.8) is 0 Å². The average Bonchev–Trinajstić information content (AvgIpc) is 2.87. The number of aliphatic hydroxyl groups excluding tert-OH is 1. The summed E-state index contributed by atoms with van der Waals surface area (Å²) in [6, 6.07) is -0.208. The molecule has 0 radical (unpaired) electrons. The smallest absolute Gasteiger partial charge is 0.315 e. The Hall–Kier alpha value is -1.56. The molecule has 0 saturated heterocycles. The van der Waals surface area contributed by atoms with Crippen LogP contribution in [0, 0.1) is 5.41 Å². The van der Waals surface area contributed by atoms with E-state index in [-0.39, 0.29) is 18.1 Å². The van der Waals surface area contributed by atoms with Crippen molar-refractivity contribution in [2.24, 2.45) is 12.5 Å². The topological polar surface area (TPSA) is 79.2 Å². The van der Waals surface area contributed by atoms with E-state index >= 15 is 0 Å². The van der Waals surface area contributed by atoms with Crippen LogP contribution in [0.3, 0.4) is 0 Å². The Bertz CT molecular complexity index is 444. The van der Waals surface area contributed by atoms with Gasteiger partial charge >= 0.3 is 6.03 Å². The lowest BCUT2D eigenvalue weighted by Gasteiger charge is -2.29. The third kappa shape index (κ3) is 4.74. The molecule has 21 heavy (non-hydrogen) atoms. The summed E-state index contributed by atoms with van der Waals surface area (Å²) in [6.45, 7) is 7.14. The van der Waals surface area contributed by atoms with E-state index in [0.29, 0.717) is 13.1 Å². The van der Waals surface area contributed by atoms with E-state index in [1.54, 1.807) is 4.68 Å². The van der Waals surface area contributed by atoms with Gasteiger partial charge in [0.1, 0.15) is 0 Å². The van der Waals surface area contributed by atoms with E-state index in [2.05, 4.69) is 15.7 Å². The Morgan fingerprint density at radius 3 is 2.52 bits per heavy atom. The number of aliphatic hydroxyl groups is 1. The Morgan fingerprint density at radius 2 is 2.00 bits per heavy atom. The SMILES string of the molecule is CCc1nn(C)cc1CNC(=O)NCC(CC)(CC)CO. The minimum atomic E-state index is -0.222. The molecule has 3 N–H and O–H groups in total. The van der Waals surface area contributed by atoms with E-state index in [0.717, 1.165) is 30.5 Å². The minimum Gasteiger partial charge on any atom is -0.396 e. The van der Waals surface area contributed by atoms with Crippen molar-refractivity contribution < 1.29 is 9.90 Å². The molecule has 1 heterocycles. The summed E-state index contributed by atoms with van der Waals surface area (Å²) in [7, 11) is 1.88. The number of hydrogen-bond donors (Lipinski definition) is 3. The van der Waals surface area contributed by atoms with Gasteiger partial charge in [0.15, 0.2) is 0 Å². The summed E-state index contributed by atoms with van der Waals surface area (Å²) in [4.78, 5) is 11.9. The number of carbonyl (C=O) groups excluding carboxylic acids is 1. The van der Waals surface area contributed by atoms with Gasteiger partial charge in [0.2, 0.25) is 0 Å². The van der Waals surface area contributed by atoms with E-state index in [4.69, 9.17) is 0 Å². The summed E-state index contributed by atoms with van der Waals surface area (Å²) in [5, 5.41) is 19.5. The second-order valence-electron chi connectivity index (χ2n) is 5.53. The molecular formula is C15H28N4O2. The lowest BCUT2D eigenvalue weighted by Crippen LogP contribution is -2.43.